The molecule has 20 heavy (non-hydrogen) atoms. The van der Waals surface area contributed by atoms with E-state index in [2.05, 4.69) is 29.6 Å². The Morgan fingerprint density at radius 2 is 1.90 bits per heavy atom. The first kappa shape index (κ1) is 13.6. The predicted molar refractivity (Wildman–Crippen MR) is 80.2 cm³/mol. The number of rotatable bonds is 5. The molecule has 0 spiro atoms. The fourth-order valence-electron chi connectivity index (χ4n) is 2.53. The van der Waals surface area contributed by atoms with Crippen LogP contribution >= 0.6 is 11.6 Å². The molecule has 0 radical (unpaired) electrons. The van der Waals surface area contributed by atoms with Gasteiger partial charge in [0.25, 0.3) is 0 Å². The average molecular weight is 290 g/mol. The Balaban J connectivity index is 1.72. The fourth-order valence-corrected chi connectivity index (χ4v) is 2.69. The third-order valence-electron chi connectivity index (χ3n) is 3.78. The Hall–Kier alpha value is -1.38. The topological polar surface area (TPSA) is 12.0 Å². The van der Waals surface area contributed by atoms with Crippen molar-refractivity contribution < 1.29 is 4.39 Å². The summed E-state index contributed by atoms with van der Waals surface area (Å²) < 4.78 is 13.8. The first-order chi connectivity index (χ1) is 9.74. The standard InChI is InChI=1S/C17H17ClFN/c18-15-9-8-14(16(19)10-15)11-20-17(13-6-7-13)12-4-2-1-3-5-12/h1-5,8-10,13,17,20H,6-7,11H2. The van der Waals surface area contributed by atoms with Crippen molar-refractivity contribution in [2.24, 2.45) is 5.92 Å². The molecule has 1 N–H and O–H groups in total. The van der Waals surface area contributed by atoms with Crippen LogP contribution in [0.15, 0.2) is 48.5 Å². The van der Waals surface area contributed by atoms with E-state index < -0.39 is 0 Å². The largest absolute Gasteiger partial charge is 0.306 e. The summed E-state index contributed by atoms with van der Waals surface area (Å²) in [4.78, 5) is 0. The SMILES string of the molecule is Fc1cc(Cl)ccc1CNC(c1ccccc1)C1CC1. The van der Waals surface area contributed by atoms with Gasteiger partial charge < -0.3 is 5.32 Å². The van der Waals surface area contributed by atoms with E-state index in [1.807, 2.05) is 6.07 Å². The van der Waals surface area contributed by atoms with Crippen LogP contribution in [0.2, 0.25) is 5.02 Å². The smallest absolute Gasteiger partial charge is 0.129 e. The predicted octanol–water partition coefficient (Wildman–Crippen LogP) is 4.72. The molecule has 0 bridgehead atoms. The molecule has 0 heterocycles. The van der Waals surface area contributed by atoms with Gasteiger partial charge in [-0.05, 0) is 36.5 Å². The summed E-state index contributed by atoms with van der Waals surface area (Å²) >= 11 is 5.78. The van der Waals surface area contributed by atoms with Crippen molar-refractivity contribution in [2.45, 2.75) is 25.4 Å². The second-order valence-corrected chi connectivity index (χ2v) is 5.78. The number of halogens is 2. The third kappa shape index (κ3) is 3.20. The number of nitrogens with one attached hydrogen (secondary N) is 1. The van der Waals surface area contributed by atoms with Crippen molar-refractivity contribution in [2.75, 3.05) is 0 Å². The van der Waals surface area contributed by atoms with Crippen LogP contribution in [0.4, 0.5) is 4.39 Å². The van der Waals surface area contributed by atoms with Crippen molar-refractivity contribution in [1.82, 2.24) is 5.32 Å². The molecule has 0 saturated heterocycles. The van der Waals surface area contributed by atoms with Gasteiger partial charge in [0.1, 0.15) is 5.82 Å². The minimum atomic E-state index is -0.243. The number of hydrogen-bond acceptors (Lipinski definition) is 1. The van der Waals surface area contributed by atoms with Gasteiger partial charge in [-0.3, -0.25) is 0 Å². The van der Waals surface area contributed by atoms with Crippen LogP contribution in [0, 0.1) is 11.7 Å². The molecule has 1 saturated carbocycles. The molecule has 3 heteroatoms. The average Bonchev–Trinajstić information content (AvgIpc) is 3.27. The third-order valence-corrected chi connectivity index (χ3v) is 4.01. The molecule has 1 atom stereocenters. The van der Waals surface area contributed by atoms with Gasteiger partial charge in [-0.2, -0.15) is 0 Å². The lowest BCUT2D eigenvalue weighted by atomic mass is 10.0. The highest BCUT2D eigenvalue weighted by Crippen LogP contribution is 2.41. The van der Waals surface area contributed by atoms with Crippen molar-refractivity contribution in [3.63, 3.8) is 0 Å². The summed E-state index contributed by atoms with van der Waals surface area (Å²) in [6.07, 6.45) is 2.49. The van der Waals surface area contributed by atoms with E-state index in [9.17, 15) is 4.39 Å². The maximum absolute atomic E-state index is 13.8. The van der Waals surface area contributed by atoms with E-state index in [1.54, 1.807) is 12.1 Å². The lowest BCUT2D eigenvalue weighted by Gasteiger charge is -2.19. The molecule has 2 aromatic carbocycles. The molecule has 0 aromatic heterocycles. The van der Waals surface area contributed by atoms with Gasteiger partial charge >= 0.3 is 0 Å². The van der Waals surface area contributed by atoms with Crippen molar-refractivity contribution in [3.05, 3.63) is 70.5 Å². The van der Waals surface area contributed by atoms with Crippen LogP contribution in [0.5, 0.6) is 0 Å². The van der Waals surface area contributed by atoms with Crippen molar-refractivity contribution in [1.29, 1.82) is 0 Å². The molecule has 2 aromatic rings. The molecule has 3 rings (SSSR count). The summed E-state index contributed by atoms with van der Waals surface area (Å²) in [6, 6.07) is 15.5. The van der Waals surface area contributed by atoms with Crippen LogP contribution in [0.25, 0.3) is 0 Å². The lowest BCUT2D eigenvalue weighted by molar-refractivity contribution is 0.471. The van der Waals surface area contributed by atoms with Crippen molar-refractivity contribution in [3.8, 4) is 0 Å². The van der Waals surface area contributed by atoms with E-state index in [0.717, 1.165) is 0 Å². The van der Waals surface area contributed by atoms with E-state index in [4.69, 9.17) is 11.6 Å². The van der Waals surface area contributed by atoms with Gasteiger partial charge in [0.15, 0.2) is 0 Å². The Bertz CT molecular complexity index is 581. The highest BCUT2D eigenvalue weighted by molar-refractivity contribution is 6.30. The normalized spacial score (nSPS) is 16.1. The highest BCUT2D eigenvalue weighted by Gasteiger charge is 2.31. The zero-order chi connectivity index (χ0) is 13.9. The zero-order valence-corrected chi connectivity index (χ0v) is 11.9. The summed E-state index contributed by atoms with van der Waals surface area (Å²) in [7, 11) is 0. The van der Waals surface area contributed by atoms with Gasteiger partial charge in [-0.15, -0.1) is 0 Å². The van der Waals surface area contributed by atoms with Gasteiger partial charge in [-0.25, -0.2) is 4.39 Å². The molecule has 0 amide bonds. The van der Waals surface area contributed by atoms with Crippen LogP contribution in [0.1, 0.15) is 30.0 Å². The molecule has 1 aliphatic carbocycles. The van der Waals surface area contributed by atoms with Crippen LogP contribution in [-0.4, -0.2) is 0 Å². The molecular formula is C17H17ClFN. The molecule has 0 aliphatic heterocycles. The van der Waals surface area contributed by atoms with Crippen molar-refractivity contribution >= 4 is 11.6 Å². The summed E-state index contributed by atoms with van der Waals surface area (Å²) in [5, 5.41) is 3.93. The summed E-state index contributed by atoms with van der Waals surface area (Å²) in [5.74, 6) is 0.431. The first-order valence-corrected chi connectivity index (χ1v) is 7.34. The highest BCUT2D eigenvalue weighted by atomic mass is 35.5. The van der Waals surface area contributed by atoms with E-state index in [1.165, 1.54) is 24.5 Å². The van der Waals surface area contributed by atoms with E-state index in [0.29, 0.717) is 29.1 Å². The quantitative estimate of drug-likeness (QED) is 0.840. The van der Waals surface area contributed by atoms with Crippen LogP contribution < -0.4 is 5.32 Å². The first-order valence-electron chi connectivity index (χ1n) is 6.96. The second kappa shape index (κ2) is 5.94. The minimum Gasteiger partial charge on any atom is -0.306 e. The minimum absolute atomic E-state index is 0.243. The monoisotopic (exact) mass is 289 g/mol. The van der Waals surface area contributed by atoms with Gasteiger partial charge in [0, 0.05) is 23.2 Å². The summed E-state index contributed by atoms with van der Waals surface area (Å²) in [6.45, 7) is 0.527. The zero-order valence-electron chi connectivity index (χ0n) is 11.2. The Morgan fingerprint density at radius 3 is 2.55 bits per heavy atom. The van der Waals surface area contributed by atoms with E-state index >= 15 is 0 Å². The maximum atomic E-state index is 13.8. The number of benzene rings is 2. The van der Waals surface area contributed by atoms with Crippen LogP contribution in [0.3, 0.4) is 0 Å². The molecule has 1 unspecified atom stereocenters. The Labute approximate surface area is 123 Å². The molecular weight excluding hydrogens is 273 g/mol. The Kier molecular flexibility index (Phi) is 4.04. The van der Waals surface area contributed by atoms with Gasteiger partial charge in [-0.1, -0.05) is 48.0 Å². The molecule has 104 valence electrons. The fraction of sp³-hybridized carbons (Fsp3) is 0.294. The van der Waals surface area contributed by atoms with E-state index in [-0.39, 0.29) is 5.82 Å². The maximum Gasteiger partial charge on any atom is 0.129 e. The van der Waals surface area contributed by atoms with Crippen LogP contribution in [-0.2, 0) is 6.54 Å². The Morgan fingerprint density at radius 1 is 1.15 bits per heavy atom. The summed E-state index contributed by atoms with van der Waals surface area (Å²) in [5.41, 5.74) is 1.94. The second-order valence-electron chi connectivity index (χ2n) is 5.34. The number of hydrogen-bond donors (Lipinski definition) is 1. The lowest BCUT2D eigenvalue weighted by Crippen LogP contribution is -2.23. The molecule has 1 aliphatic rings. The molecule has 1 fully saturated rings. The molecule has 1 nitrogen and oxygen atoms in total. The van der Waals surface area contributed by atoms with Gasteiger partial charge in [0.05, 0.1) is 0 Å². The van der Waals surface area contributed by atoms with Gasteiger partial charge in [0.2, 0.25) is 0 Å².